The molecule has 2 heterocycles. The molecule has 0 aromatic carbocycles. The molecule has 0 amide bonds. The van der Waals surface area contributed by atoms with Crippen molar-refractivity contribution in [2.45, 2.75) is 12.5 Å². The molecule has 6 heteroatoms. The van der Waals surface area contributed by atoms with Crippen LogP contribution in [0, 0.1) is 0 Å². The fourth-order valence-corrected chi connectivity index (χ4v) is 1.44. The standard InChI is InChI=1S/C9H14N6/c1-14-5-9(11-6-14)8(10)3-7-4-15(2)13-12-7/h4-6,8H,3,10H2,1-2H3. The molecule has 0 aliphatic rings. The van der Waals surface area contributed by atoms with Crippen LogP contribution < -0.4 is 5.73 Å². The number of hydrogen-bond donors (Lipinski definition) is 1. The van der Waals surface area contributed by atoms with Crippen molar-refractivity contribution in [2.75, 3.05) is 0 Å². The van der Waals surface area contributed by atoms with Gasteiger partial charge < -0.3 is 10.3 Å². The van der Waals surface area contributed by atoms with Crippen molar-refractivity contribution in [1.29, 1.82) is 0 Å². The highest BCUT2D eigenvalue weighted by Crippen LogP contribution is 2.11. The molecule has 6 nitrogen and oxygen atoms in total. The summed E-state index contributed by atoms with van der Waals surface area (Å²) in [6, 6.07) is -0.122. The number of hydrogen-bond acceptors (Lipinski definition) is 4. The Morgan fingerprint density at radius 2 is 2.20 bits per heavy atom. The largest absolute Gasteiger partial charge is 0.340 e. The van der Waals surface area contributed by atoms with Crippen LogP contribution in [0.5, 0.6) is 0 Å². The van der Waals surface area contributed by atoms with Crippen LogP contribution in [0.25, 0.3) is 0 Å². The SMILES string of the molecule is Cn1cnc(C(N)Cc2cn(C)nn2)c1. The van der Waals surface area contributed by atoms with E-state index in [1.165, 1.54) is 0 Å². The Kier molecular flexibility index (Phi) is 2.51. The second kappa shape index (κ2) is 3.82. The first-order valence-electron chi connectivity index (χ1n) is 4.74. The van der Waals surface area contributed by atoms with E-state index < -0.39 is 0 Å². The Bertz CT molecular complexity index is 443. The van der Waals surface area contributed by atoms with Gasteiger partial charge in [-0.1, -0.05) is 5.21 Å². The molecule has 80 valence electrons. The predicted molar refractivity (Wildman–Crippen MR) is 54.8 cm³/mol. The van der Waals surface area contributed by atoms with Crippen LogP contribution in [0.2, 0.25) is 0 Å². The summed E-state index contributed by atoms with van der Waals surface area (Å²) >= 11 is 0. The second-order valence-corrected chi connectivity index (χ2v) is 3.66. The van der Waals surface area contributed by atoms with Gasteiger partial charge in [-0.05, 0) is 0 Å². The molecule has 2 aromatic heterocycles. The highest BCUT2D eigenvalue weighted by atomic mass is 15.4. The van der Waals surface area contributed by atoms with Crippen LogP contribution in [0.4, 0.5) is 0 Å². The van der Waals surface area contributed by atoms with E-state index in [0.717, 1.165) is 11.4 Å². The molecule has 0 fully saturated rings. The third-order valence-electron chi connectivity index (χ3n) is 2.18. The van der Waals surface area contributed by atoms with Gasteiger partial charge in [0.15, 0.2) is 0 Å². The summed E-state index contributed by atoms with van der Waals surface area (Å²) in [6.45, 7) is 0. The number of nitrogens with two attached hydrogens (primary N) is 1. The first-order valence-corrected chi connectivity index (χ1v) is 4.74. The monoisotopic (exact) mass is 206 g/mol. The molecular weight excluding hydrogens is 192 g/mol. The number of nitrogens with zero attached hydrogens (tertiary/aromatic N) is 5. The van der Waals surface area contributed by atoms with Crippen molar-refractivity contribution in [1.82, 2.24) is 24.5 Å². The Labute approximate surface area is 87.7 Å². The molecule has 0 aliphatic carbocycles. The summed E-state index contributed by atoms with van der Waals surface area (Å²) in [5, 5.41) is 7.84. The Hall–Kier alpha value is -1.69. The quantitative estimate of drug-likeness (QED) is 0.754. The molecule has 1 unspecified atom stereocenters. The van der Waals surface area contributed by atoms with Gasteiger partial charge in [0, 0.05) is 32.9 Å². The number of aromatic nitrogens is 5. The van der Waals surface area contributed by atoms with E-state index in [0.29, 0.717) is 6.42 Å². The summed E-state index contributed by atoms with van der Waals surface area (Å²) < 4.78 is 3.55. The molecule has 2 N–H and O–H groups in total. The van der Waals surface area contributed by atoms with E-state index in [9.17, 15) is 0 Å². The second-order valence-electron chi connectivity index (χ2n) is 3.66. The maximum Gasteiger partial charge on any atom is 0.0947 e. The van der Waals surface area contributed by atoms with Crippen LogP contribution in [0.1, 0.15) is 17.4 Å². The average Bonchev–Trinajstić information content (AvgIpc) is 2.75. The Balaban J connectivity index is 2.06. The normalized spacial score (nSPS) is 13.0. The smallest absolute Gasteiger partial charge is 0.0947 e. The highest BCUT2D eigenvalue weighted by Gasteiger charge is 2.11. The minimum atomic E-state index is -0.122. The fraction of sp³-hybridized carbons (Fsp3) is 0.444. The van der Waals surface area contributed by atoms with Crippen molar-refractivity contribution < 1.29 is 0 Å². The zero-order valence-corrected chi connectivity index (χ0v) is 8.83. The molecule has 15 heavy (non-hydrogen) atoms. The lowest BCUT2D eigenvalue weighted by Gasteiger charge is -2.04. The molecule has 0 radical (unpaired) electrons. The van der Waals surface area contributed by atoms with E-state index in [2.05, 4.69) is 15.3 Å². The van der Waals surface area contributed by atoms with E-state index in [4.69, 9.17) is 5.73 Å². The molecule has 0 saturated heterocycles. The van der Waals surface area contributed by atoms with Gasteiger partial charge in [-0.3, -0.25) is 4.68 Å². The molecule has 0 aliphatic heterocycles. The van der Waals surface area contributed by atoms with Gasteiger partial charge in [0.05, 0.1) is 23.8 Å². The third kappa shape index (κ3) is 2.21. The van der Waals surface area contributed by atoms with Crippen LogP contribution in [0.15, 0.2) is 18.7 Å². The first kappa shape index (κ1) is 9.85. The molecule has 1 atom stereocenters. The van der Waals surface area contributed by atoms with Gasteiger partial charge >= 0.3 is 0 Å². The molecular formula is C9H14N6. The zero-order chi connectivity index (χ0) is 10.8. The van der Waals surface area contributed by atoms with Crippen molar-refractivity contribution in [2.24, 2.45) is 19.8 Å². The molecule has 0 saturated carbocycles. The number of rotatable bonds is 3. The minimum absolute atomic E-state index is 0.122. The summed E-state index contributed by atoms with van der Waals surface area (Å²) in [7, 11) is 3.76. The molecule has 2 aromatic rings. The summed E-state index contributed by atoms with van der Waals surface area (Å²) in [4.78, 5) is 4.20. The topological polar surface area (TPSA) is 74.6 Å². The minimum Gasteiger partial charge on any atom is -0.340 e. The van der Waals surface area contributed by atoms with Crippen LogP contribution >= 0.6 is 0 Å². The van der Waals surface area contributed by atoms with Crippen LogP contribution in [-0.2, 0) is 20.5 Å². The third-order valence-corrected chi connectivity index (χ3v) is 2.18. The lowest BCUT2D eigenvalue weighted by molar-refractivity contribution is 0.680. The lowest BCUT2D eigenvalue weighted by atomic mass is 10.1. The Morgan fingerprint density at radius 1 is 1.40 bits per heavy atom. The number of imidazole rings is 1. The highest BCUT2D eigenvalue weighted by molar-refractivity contribution is 5.07. The van der Waals surface area contributed by atoms with E-state index >= 15 is 0 Å². The van der Waals surface area contributed by atoms with E-state index in [-0.39, 0.29) is 6.04 Å². The van der Waals surface area contributed by atoms with Crippen molar-refractivity contribution in [3.63, 3.8) is 0 Å². The number of aryl methyl sites for hydroxylation is 2. The van der Waals surface area contributed by atoms with E-state index in [1.807, 2.05) is 31.1 Å². The maximum absolute atomic E-state index is 6.00. The molecule has 0 spiro atoms. The average molecular weight is 206 g/mol. The van der Waals surface area contributed by atoms with Crippen LogP contribution in [0.3, 0.4) is 0 Å². The van der Waals surface area contributed by atoms with Crippen molar-refractivity contribution in [3.8, 4) is 0 Å². The lowest BCUT2D eigenvalue weighted by Crippen LogP contribution is -2.14. The molecule has 2 rings (SSSR count). The van der Waals surface area contributed by atoms with Gasteiger partial charge in [-0.25, -0.2) is 4.98 Å². The van der Waals surface area contributed by atoms with Gasteiger partial charge in [0.25, 0.3) is 0 Å². The van der Waals surface area contributed by atoms with Crippen molar-refractivity contribution >= 4 is 0 Å². The summed E-state index contributed by atoms with van der Waals surface area (Å²) in [5.74, 6) is 0. The van der Waals surface area contributed by atoms with E-state index in [1.54, 1.807) is 11.0 Å². The molecule has 0 bridgehead atoms. The predicted octanol–water partition coefficient (Wildman–Crippen LogP) is -0.209. The summed E-state index contributed by atoms with van der Waals surface area (Å²) in [6.07, 6.45) is 6.18. The maximum atomic E-state index is 6.00. The Morgan fingerprint density at radius 3 is 2.73 bits per heavy atom. The van der Waals surface area contributed by atoms with Gasteiger partial charge in [0.2, 0.25) is 0 Å². The first-order chi connectivity index (χ1) is 7.15. The van der Waals surface area contributed by atoms with Crippen molar-refractivity contribution in [3.05, 3.63) is 30.1 Å². The van der Waals surface area contributed by atoms with Gasteiger partial charge in [-0.2, -0.15) is 0 Å². The zero-order valence-electron chi connectivity index (χ0n) is 8.83. The fourth-order valence-electron chi connectivity index (χ4n) is 1.44. The van der Waals surface area contributed by atoms with Gasteiger partial charge in [-0.15, -0.1) is 5.10 Å². The van der Waals surface area contributed by atoms with Crippen LogP contribution in [-0.4, -0.2) is 24.5 Å². The summed E-state index contributed by atoms with van der Waals surface area (Å²) in [5.41, 5.74) is 7.76. The van der Waals surface area contributed by atoms with Gasteiger partial charge in [0.1, 0.15) is 0 Å².